The molecular weight excluding hydrogens is 1020 g/mol. The molecule has 0 saturated heterocycles. The van der Waals surface area contributed by atoms with Crippen LogP contribution in [-0.2, 0) is 9.59 Å². The van der Waals surface area contributed by atoms with Crippen LogP contribution in [0.2, 0.25) is 0 Å². The van der Waals surface area contributed by atoms with Crippen LogP contribution < -0.4 is 31.9 Å². The number of aliphatic hydroxyl groups excluding tert-OH is 5. The predicted octanol–water partition coefficient (Wildman–Crippen LogP) is 14.0. The van der Waals surface area contributed by atoms with Crippen LogP contribution in [0.3, 0.4) is 0 Å². The van der Waals surface area contributed by atoms with E-state index in [1.165, 1.54) is 263 Å². The molecule has 0 radical (unpaired) electrons. The van der Waals surface area contributed by atoms with E-state index in [0.717, 1.165) is 91.0 Å². The van der Waals surface area contributed by atoms with Crippen LogP contribution in [0.25, 0.3) is 0 Å². The molecule has 4 atom stereocenters. The molecule has 0 saturated carbocycles. The average Bonchev–Trinajstić information content (AvgIpc) is 3.48. The molecule has 0 aromatic heterocycles. The summed E-state index contributed by atoms with van der Waals surface area (Å²) in [4.78, 5) is 24.0. The summed E-state index contributed by atoms with van der Waals surface area (Å²) in [6, 6.07) is 0. The molecule has 492 valence electrons. The van der Waals surface area contributed by atoms with Gasteiger partial charge < -0.3 is 57.4 Å². The third-order valence-electron chi connectivity index (χ3n) is 16.4. The first-order chi connectivity index (χ1) is 40.2. The van der Waals surface area contributed by atoms with Gasteiger partial charge in [0, 0.05) is 19.5 Å². The van der Waals surface area contributed by atoms with E-state index >= 15 is 0 Å². The minimum absolute atomic E-state index is 0.259. The van der Waals surface area contributed by atoms with Crippen molar-refractivity contribution < 1.29 is 35.1 Å². The van der Waals surface area contributed by atoms with Crippen molar-refractivity contribution in [1.29, 1.82) is 0 Å². The summed E-state index contributed by atoms with van der Waals surface area (Å²) < 4.78 is 0. The zero-order valence-corrected chi connectivity index (χ0v) is 55.0. The van der Waals surface area contributed by atoms with Gasteiger partial charge in [-0.3, -0.25) is 9.59 Å². The largest absolute Gasteiger partial charge is 0.394 e. The first-order valence-electron chi connectivity index (χ1n) is 35.9. The summed E-state index contributed by atoms with van der Waals surface area (Å²) in [6.07, 6.45) is 53.7. The Labute approximate surface area is 508 Å². The average molecular weight is 1170 g/mol. The summed E-state index contributed by atoms with van der Waals surface area (Å²) in [5, 5.41) is 67.4. The fourth-order valence-electron chi connectivity index (χ4n) is 10.6. The van der Waals surface area contributed by atoms with Crippen molar-refractivity contribution in [3.63, 3.8) is 0 Å². The number of carbonyl (C=O) groups is 2. The molecule has 82 heavy (non-hydrogen) atoms. The standard InChI is InChI=1S/C38H81N5O.C31H63NO6/c1-4-7-10-11-12-13-14-15-16-20-27-38(44)43-34-21-18-17-19-26-37(35-41-32-24-22-30-39-28-8-5-2)36-42-33-25-23-31-40-29-9-6-3;1-2-3-4-5-6-7-8-9-10-11-12-13-14-15-16-17-18-19-20-21-22-23-24-25-32-31(38)30(37)29(36)28(35)27(34)26-33/h37,39-42H,4-36H2,1-3H3,(H,43,44);27-30,33-37H,2-26H2,1H3,(H,32,38)/t;27-,28-,29+,30-/m.1/s1. The maximum atomic E-state index is 12.2. The van der Waals surface area contributed by atoms with Crippen LogP contribution in [0, 0.1) is 5.92 Å². The van der Waals surface area contributed by atoms with Gasteiger partial charge in [0.2, 0.25) is 5.91 Å². The number of unbranched alkanes of at least 4 members (excludes halogenated alkanes) is 38. The van der Waals surface area contributed by atoms with E-state index in [0.29, 0.717) is 18.9 Å². The molecule has 0 aromatic carbocycles. The summed E-state index contributed by atoms with van der Waals surface area (Å²) in [7, 11) is 0. The zero-order valence-electron chi connectivity index (χ0n) is 55.0. The van der Waals surface area contributed by atoms with E-state index in [2.05, 4.69) is 59.6 Å². The Hall–Kier alpha value is -1.42. The van der Waals surface area contributed by atoms with Crippen LogP contribution in [0.1, 0.15) is 329 Å². The molecule has 13 nitrogen and oxygen atoms in total. The van der Waals surface area contributed by atoms with Crippen molar-refractivity contribution in [2.45, 2.75) is 354 Å². The molecule has 13 heteroatoms. The maximum Gasteiger partial charge on any atom is 0.251 e. The Bertz CT molecular complexity index is 1220. The van der Waals surface area contributed by atoms with Gasteiger partial charge in [-0.2, -0.15) is 0 Å². The van der Waals surface area contributed by atoms with Crippen LogP contribution in [0.15, 0.2) is 0 Å². The van der Waals surface area contributed by atoms with Crippen LogP contribution in [0.4, 0.5) is 0 Å². The number of carbonyl (C=O) groups excluding carboxylic acids is 2. The minimum Gasteiger partial charge on any atom is -0.394 e. The number of hydrogen-bond donors (Lipinski definition) is 11. The highest BCUT2D eigenvalue weighted by molar-refractivity contribution is 5.81. The number of amides is 2. The van der Waals surface area contributed by atoms with Crippen molar-refractivity contribution in [3.8, 4) is 0 Å². The van der Waals surface area contributed by atoms with Crippen LogP contribution >= 0.6 is 0 Å². The highest BCUT2D eigenvalue weighted by atomic mass is 16.4. The van der Waals surface area contributed by atoms with Crippen LogP contribution in [0.5, 0.6) is 0 Å². The molecular formula is C69H144N6O7. The molecule has 0 aromatic rings. The fraction of sp³-hybridized carbons (Fsp3) is 0.971. The Kier molecular flexibility index (Phi) is 70.9. The molecule has 0 heterocycles. The third-order valence-corrected chi connectivity index (χ3v) is 16.4. The van der Waals surface area contributed by atoms with Crippen molar-refractivity contribution in [3.05, 3.63) is 0 Å². The van der Waals surface area contributed by atoms with Gasteiger partial charge in [0.1, 0.15) is 18.3 Å². The number of hydrogen-bond acceptors (Lipinski definition) is 11. The van der Waals surface area contributed by atoms with E-state index in [1.54, 1.807) is 0 Å². The van der Waals surface area contributed by atoms with Gasteiger partial charge in [0.15, 0.2) is 6.10 Å². The Balaban J connectivity index is 0. The summed E-state index contributed by atoms with van der Waals surface area (Å²) >= 11 is 0. The van der Waals surface area contributed by atoms with Crippen molar-refractivity contribution in [1.82, 2.24) is 31.9 Å². The van der Waals surface area contributed by atoms with E-state index in [4.69, 9.17) is 5.11 Å². The van der Waals surface area contributed by atoms with E-state index in [-0.39, 0.29) is 5.91 Å². The summed E-state index contributed by atoms with van der Waals surface area (Å²) in [6.45, 7) is 18.7. The van der Waals surface area contributed by atoms with Gasteiger partial charge in [-0.25, -0.2) is 0 Å². The van der Waals surface area contributed by atoms with E-state index < -0.39 is 36.9 Å². The second-order valence-electron chi connectivity index (χ2n) is 24.6. The SMILES string of the molecule is CCCCCCCCCCCCC(=O)NCCCCCCC(CNCCCCNCCCC)CNCCCCNCCCC.CCCCCCCCCCCCCCCCCCCCCCCCCNC(=O)[C@H](O)[C@@H](O)[C@H](O)[C@H](O)CO. The quantitative estimate of drug-likeness (QED) is 0.0258. The number of nitrogens with one attached hydrogen (secondary N) is 6. The third kappa shape index (κ3) is 63.1. The Morgan fingerprint density at radius 1 is 0.317 bits per heavy atom. The van der Waals surface area contributed by atoms with Crippen molar-refractivity contribution in [2.24, 2.45) is 5.92 Å². The summed E-state index contributed by atoms with van der Waals surface area (Å²) in [5.74, 6) is 0.178. The predicted molar refractivity (Wildman–Crippen MR) is 352 cm³/mol. The summed E-state index contributed by atoms with van der Waals surface area (Å²) in [5.41, 5.74) is 0. The molecule has 0 bridgehead atoms. The van der Waals surface area contributed by atoms with E-state index in [1.807, 2.05) is 0 Å². The molecule has 2 amide bonds. The Morgan fingerprint density at radius 2 is 0.610 bits per heavy atom. The molecule has 0 fully saturated rings. The molecule has 0 aliphatic rings. The van der Waals surface area contributed by atoms with Crippen molar-refractivity contribution >= 4 is 11.8 Å². The lowest BCUT2D eigenvalue weighted by Gasteiger charge is -2.24. The lowest BCUT2D eigenvalue weighted by atomic mass is 10.00. The Morgan fingerprint density at radius 3 is 0.976 bits per heavy atom. The fourth-order valence-corrected chi connectivity index (χ4v) is 10.6. The smallest absolute Gasteiger partial charge is 0.251 e. The molecule has 0 unspecified atom stereocenters. The molecule has 11 N–H and O–H groups in total. The normalized spacial score (nSPS) is 13.0. The maximum absolute atomic E-state index is 12.2. The second-order valence-corrected chi connectivity index (χ2v) is 24.6. The van der Waals surface area contributed by atoms with Gasteiger partial charge in [0.25, 0.3) is 5.91 Å². The second kappa shape index (κ2) is 70.3. The molecule has 0 spiro atoms. The number of aliphatic hydroxyl groups is 5. The topological polar surface area (TPSA) is 207 Å². The molecule has 0 rings (SSSR count). The molecule has 0 aliphatic heterocycles. The highest BCUT2D eigenvalue weighted by Gasteiger charge is 2.34. The van der Waals surface area contributed by atoms with Gasteiger partial charge in [-0.05, 0) is 122 Å². The zero-order chi connectivity index (χ0) is 60.3. The minimum atomic E-state index is -1.86. The first-order valence-corrected chi connectivity index (χ1v) is 35.9. The first kappa shape index (κ1) is 82.6. The van der Waals surface area contributed by atoms with Crippen LogP contribution in [-0.4, -0.2) is 134 Å². The lowest BCUT2D eigenvalue weighted by Crippen LogP contribution is -2.51. The monoisotopic (exact) mass is 1170 g/mol. The molecule has 0 aliphatic carbocycles. The van der Waals surface area contributed by atoms with Gasteiger partial charge in [0.05, 0.1) is 6.61 Å². The van der Waals surface area contributed by atoms with Gasteiger partial charge >= 0.3 is 0 Å². The van der Waals surface area contributed by atoms with Gasteiger partial charge in [-0.1, -0.05) is 259 Å². The van der Waals surface area contributed by atoms with E-state index in [9.17, 15) is 30.0 Å². The van der Waals surface area contributed by atoms with Crippen molar-refractivity contribution in [2.75, 3.05) is 72.1 Å². The lowest BCUT2D eigenvalue weighted by molar-refractivity contribution is -0.148. The number of rotatable bonds is 67. The van der Waals surface area contributed by atoms with Gasteiger partial charge in [-0.15, -0.1) is 0 Å². The highest BCUT2D eigenvalue weighted by Crippen LogP contribution is 2.17.